The van der Waals surface area contributed by atoms with Gasteiger partial charge in [-0.05, 0) is 43.2 Å². The fourth-order valence-electron chi connectivity index (χ4n) is 4.61. The van der Waals surface area contributed by atoms with Gasteiger partial charge in [-0.3, -0.25) is 15.0 Å². The van der Waals surface area contributed by atoms with Gasteiger partial charge in [0.1, 0.15) is 17.0 Å². The molecule has 1 aromatic heterocycles. The topological polar surface area (TPSA) is 79.6 Å². The number of ether oxygens (including phenoxy) is 1. The Bertz CT molecular complexity index is 1120. The normalized spacial score (nSPS) is 22.8. The minimum atomic E-state index is -0.127. The van der Waals surface area contributed by atoms with Gasteiger partial charge >= 0.3 is 0 Å². The van der Waals surface area contributed by atoms with E-state index in [1.165, 1.54) is 5.56 Å². The number of oxazole rings is 1. The van der Waals surface area contributed by atoms with Gasteiger partial charge in [-0.25, -0.2) is 4.98 Å². The van der Waals surface area contributed by atoms with Gasteiger partial charge in [0.15, 0.2) is 0 Å². The average Bonchev–Trinajstić information content (AvgIpc) is 3.24. The number of thioether (sulfide) groups is 1. The van der Waals surface area contributed by atoms with E-state index >= 15 is 0 Å². The van der Waals surface area contributed by atoms with E-state index in [2.05, 4.69) is 32.7 Å². The highest BCUT2D eigenvalue weighted by atomic mass is 32.2. The lowest BCUT2D eigenvalue weighted by atomic mass is 9.89. The Hall–Kier alpha value is -2.81. The van der Waals surface area contributed by atoms with Crippen LogP contribution in [-0.4, -0.2) is 47.5 Å². The quantitative estimate of drug-likeness (QED) is 0.535. The van der Waals surface area contributed by atoms with Crippen LogP contribution in [0.25, 0.3) is 11.5 Å². The molecule has 178 valence electrons. The molecule has 3 atom stereocenters. The van der Waals surface area contributed by atoms with E-state index in [1.807, 2.05) is 49.4 Å². The van der Waals surface area contributed by atoms with Crippen molar-refractivity contribution >= 4 is 17.7 Å². The lowest BCUT2D eigenvalue weighted by Crippen LogP contribution is -2.64. The molecule has 0 aliphatic carbocycles. The highest BCUT2D eigenvalue weighted by Gasteiger charge is 2.40. The Morgan fingerprint density at radius 3 is 2.74 bits per heavy atom. The minimum absolute atomic E-state index is 0.0395. The number of nitrogens with zero attached hydrogens (tertiary/aromatic N) is 2. The van der Waals surface area contributed by atoms with Crippen LogP contribution < -0.4 is 15.4 Å². The molecule has 0 saturated carbocycles. The van der Waals surface area contributed by atoms with E-state index in [-0.39, 0.29) is 23.4 Å². The SMILES string of the molecule is COc1ccc(CN2CCC3NC(SCc4nc(-c5ccccc5)oc4C)NC(=O)C3C2)cc1. The van der Waals surface area contributed by atoms with Crippen molar-refractivity contribution in [2.75, 3.05) is 20.2 Å². The largest absolute Gasteiger partial charge is 0.497 e. The zero-order valence-electron chi connectivity index (χ0n) is 19.5. The number of likely N-dealkylation sites (tertiary alicyclic amines) is 1. The Kier molecular flexibility index (Phi) is 6.89. The number of hydrogen-bond donors (Lipinski definition) is 2. The highest BCUT2D eigenvalue weighted by molar-refractivity contribution is 7.99. The van der Waals surface area contributed by atoms with Crippen LogP contribution in [0, 0.1) is 12.8 Å². The molecular weight excluding hydrogens is 448 g/mol. The van der Waals surface area contributed by atoms with Gasteiger partial charge in [0, 0.05) is 37.0 Å². The third-order valence-electron chi connectivity index (χ3n) is 6.54. The molecule has 3 aromatic rings. The maximum atomic E-state index is 12.9. The highest BCUT2D eigenvalue weighted by Crippen LogP contribution is 2.28. The number of carbonyl (C=O) groups is 1. The molecule has 2 aliphatic rings. The molecule has 2 saturated heterocycles. The van der Waals surface area contributed by atoms with Gasteiger partial charge in [-0.2, -0.15) is 0 Å². The summed E-state index contributed by atoms with van der Waals surface area (Å²) in [4.78, 5) is 20.0. The average molecular weight is 479 g/mol. The molecule has 0 radical (unpaired) electrons. The molecule has 34 heavy (non-hydrogen) atoms. The molecule has 2 N–H and O–H groups in total. The van der Waals surface area contributed by atoms with Gasteiger partial charge < -0.3 is 14.5 Å². The monoisotopic (exact) mass is 478 g/mol. The number of methoxy groups -OCH3 is 1. The van der Waals surface area contributed by atoms with Gasteiger partial charge in [0.25, 0.3) is 0 Å². The summed E-state index contributed by atoms with van der Waals surface area (Å²) in [5.74, 6) is 3.07. The Balaban J connectivity index is 1.15. The van der Waals surface area contributed by atoms with Crippen molar-refractivity contribution in [3.8, 4) is 17.2 Å². The van der Waals surface area contributed by atoms with Gasteiger partial charge in [0.2, 0.25) is 11.8 Å². The predicted octanol–water partition coefficient (Wildman–Crippen LogP) is 3.79. The zero-order chi connectivity index (χ0) is 23.5. The Morgan fingerprint density at radius 1 is 1.18 bits per heavy atom. The predicted molar refractivity (Wildman–Crippen MR) is 133 cm³/mol. The van der Waals surface area contributed by atoms with Gasteiger partial charge in [-0.1, -0.05) is 30.3 Å². The Labute approximate surface area is 204 Å². The van der Waals surface area contributed by atoms with E-state index in [0.717, 1.165) is 48.8 Å². The summed E-state index contributed by atoms with van der Waals surface area (Å²) in [6.45, 7) is 4.51. The van der Waals surface area contributed by atoms with Crippen LogP contribution >= 0.6 is 11.8 Å². The van der Waals surface area contributed by atoms with Crippen LogP contribution in [0.2, 0.25) is 0 Å². The second kappa shape index (κ2) is 10.2. The number of rotatable bonds is 7. The summed E-state index contributed by atoms with van der Waals surface area (Å²) in [5, 5.41) is 6.80. The number of amides is 1. The van der Waals surface area contributed by atoms with E-state index in [1.54, 1.807) is 18.9 Å². The standard InChI is InChI=1S/C26H30N4O3S/c1-17-23(27-25(33-17)19-6-4-3-5-7-19)16-34-26-28-22-12-13-30(15-21(22)24(31)29-26)14-18-8-10-20(32-2)11-9-18/h3-11,21-22,26,28H,12-16H2,1-2H3,(H,29,31). The van der Waals surface area contributed by atoms with Crippen molar-refractivity contribution in [2.45, 2.75) is 37.2 Å². The second-order valence-electron chi connectivity index (χ2n) is 8.84. The third kappa shape index (κ3) is 5.14. The van der Waals surface area contributed by atoms with Crippen molar-refractivity contribution in [1.29, 1.82) is 0 Å². The second-order valence-corrected chi connectivity index (χ2v) is 9.93. The maximum absolute atomic E-state index is 12.9. The van der Waals surface area contributed by atoms with Crippen molar-refractivity contribution in [1.82, 2.24) is 20.5 Å². The van der Waals surface area contributed by atoms with Crippen molar-refractivity contribution in [3.63, 3.8) is 0 Å². The van der Waals surface area contributed by atoms with Crippen molar-refractivity contribution in [3.05, 3.63) is 71.6 Å². The molecular formula is C26H30N4O3S. The number of aryl methyl sites for hydroxylation is 1. The molecule has 8 heteroatoms. The third-order valence-corrected chi connectivity index (χ3v) is 7.57. The van der Waals surface area contributed by atoms with Crippen LogP contribution in [0.15, 0.2) is 59.0 Å². The summed E-state index contributed by atoms with van der Waals surface area (Å²) in [6, 6.07) is 18.3. The van der Waals surface area contributed by atoms with E-state index in [9.17, 15) is 4.79 Å². The lowest BCUT2D eigenvalue weighted by Gasteiger charge is -2.43. The number of piperidine rings is 1. The number of nitrogens with one attached hydrogen (secondary N) is 2. The molecule has 2 aromatic carbocycles. The van der Waals surface area contributed by atoms with E-state index in [0.29, 0.717) is 11.6 Å². The fourth-order valence-corrected chi connectivity index (χ4v) is 5.67. The molecule has 7 nitrogen and oxygen atoms in total. The van der Waals surface area contributed by atoms with Crippen LogP contribution in [0.5, 0.6) is 5.75 Å². The maximum Gasteiger partial charge on any atom is 0.227 e. The first-order valence-electron chi connectivity index (χ1n) is 11.6. The first kappa shape index (κ1) is 23.0. The summed E-state index contributed by atoms with van der Waals surface area (Å²) < 4.78 is 11.1. The first-order chi connectivity index (χ1) is 16.6. The van der Waals surface area contributed by atoms with E-state index < -0.39 is 0 Å². The summed E-state index contributed by atoms with van der Waals surface area (Å²) >= 11 is 1.65. The molecule has 2 aliphatic heterocycles. The Morgan fingerprint density at radius 2 is 1.97 bits per heavy atom. The minimum Gasteiger partial charge on any atom is -0.497 e. The molecule has 3 heterocycles. The molecule has 2 fully saturated rings. The molecule has 5 rings (SSSR count). The molecule has 3 unspecified atom stereocenters. The van der Waals surface area contributed by atoms with Crippen LogP contribution in [0.4, 0.5) is 0 Å². The summed E-state index contributed by atoms with van der Waals surface area (Å²) in [6.07, 6.45) is 0.951. The van der Waals surface area contributed by atoms with Crippen LogP contribution in [0.3, 0.4) is 0 Å². The van der Waals surface area contributed by atoms with Gasteiger partial charge in [0.05, 0.1) is 18.7 Å². The lowest BCUT2D eigenvalue weighted by molar-refractivity contribution is -0.130. The fraction of sp³-hybridized carbons (Fsp3) is 0.385. The zero-order valence-corrected chi connectivity index (χ0v) is 20.3. The number of carbonyl (C=O) groups excluding carboxylic acids is 1. The number of aromatic nitrogens is 1. The van der Waals surface area contributed by atoms with E-state index in [4.69, 9.17) is 9.15 Å². The van der Waals surface area contributed by atoms with Crippen LogP contribution in [0.1, 0.15) is 23.4 Å². The number of benzene rings is 2. The summed E-state index contributed by atoms with van der Waals surface area (Å²) in [5.41, 5.74) is 2.99. The molecule has 0 bridgehead atoms. The van der Waals surface area contributed by atoms with Gasteiger partial charge in [-0.15, -0.1) is 11.8 Å². The number of fused-ring (bicyclic) bond motifs is 1. The van der Waals surface area contributed by atoms with Crippen LogP contribution in [-0.2, 0) is 17.1 Å². The van der Waals surface area contributed by atoms with Crippen molar-refractivity contribution in [2.24, 2.45) is 5.92 Å². The van der Waals surface area contributed by atoms with Crippen molar-refractivity contribution < 1.29 is 13.9 Å². The first-order valence-corrected chi connectivity index (χ1v) is 12.7. The number of hydrogen-bond acceptors (Lipinski definition) is 7. The molecule has 1 amide bonds. The molecule has 0 spiro atoms. The summed E-state index contributed by atoms with van der Waals surface area (Å²) in [7, 11) is 1.68. The smallest absolute Gasteiger partial charge is 0.227 e.